The first-order chi connectivity index (χ1) is 15.0. The minimum Gasteiger partial charge on any atom is -0.497 e. The van der Waals surface area contributed by atoms with Gasteiger partial charge in [0.25, 0.3) is 5.91 Å². The lowest BCUT2D eigenvalue weighted by Crippen LogP contribution is -2.43. The Morgan fingerprint density at radius 2 is 1.81 bits per heavy atom. The molecular formula is C25H20ClN3O2. The maximum Gasteiger partial charge on any atom is 0.262 e. The third kappa shape index (κ3) is 3.37. The first kappa shape index (κ1) is 19.4. The summed E-state index contributed by atoms with van der Waals surface area (Å²) in [4.78, 5) is 19.9. The van der Waals surface area contributed by atoms with Crippen molar-refractivity contribution in [2.75, 3.05) is 17.3 Å². The van der Waals surface area contributed by atoms with Crippen LogP contribution in [0.5, 0.6) is 5.75 Å². The number of nitrogens with zero attached hydrogens (tertiary/aromatic N) is 2. The number of para-hydroxylation sites is 1. The summed E-state index contributed by atoms with van der Waals surface area (Å²) in [6.07, 6.45) is -0.513. The van der Waals surface area contributed by atoms with Crippen LogP contribution in [0.1, 0.15) is 27.7 Å². The van der Waals surface area contributed by atoms with E-state index in [1.54, 1.807) is 12.0 Å². The average molecular weight is 430 g/mol. The van der Waals surface area contributed by atoms with Gasteiger partial charge in [-0.2, -0.15) is 0 Å². The number of halogens is 1. The topological polar surface area (TPSA) is 54.5 Å². The molecule has 6 heteroatoms. The van der Waals surface area contributed by atoms with Crippen molar-refractivity contribution < 1.29 is 9.53 Å². The Balaban J connectivity index is 1.70. The molecule has 3 aromatic carbocycles. The summed E-state index contributed by atoms with van der Waals surface area (Å²) in [5.74, 6) is 0.640. The molecule has 0 saturated carbocycles. The van der Waals surface area contributed by atoms with E-state index >= 15 is 0 Å². The average Bonchev–Trinajstić information content (AvgIpc) is 2.79. The molecule has 0 radical (unpaired) electrons. The quantitative estimate of drug-likeness (QED) is 0.407. The van der Waals surface area contributed by atoms with Gasteiger partial charge in [0.1, 0.15) is 17.1 Å². The Morgan fingerprint density at radius 1 is 1.03 bits per heavy atom. The number of amides is 1. The van der Waals surface area contributed by atoms with Gasteiger partial charge in [-0.15, -0.1) is 0 Å². The second-order valence-corrected chi connectivity index (χ2v) is 7.89. The van der Waals surface area contributed by atoms with Crippen LogP contribution in [0.3, 0.4) is 0 Å². The van der Waals surface area contributed by atoms with Gasteiger partial charge in [0, 0.05) is 22.3 Å². The van der Waals surface area contributed by atoms with Gasteiger partial charge in [0.15, 0.2) is 0 Å². The Morgan fingerprint density at radius 3 is 2.58 bits per heavy atom. The van der Waals surface area contributed by atoms with E-state index in [-0.39, 0.29) is 5.91 Å². The molecule has 154 valence electrons. The van der Waals surface area contributed by atoms with E-state index in [4.69, 9.17) is 16.3 Å². The summed E-state index contributed by atoms with van der Waals surface area (Å²) in [5, 5.41) is 4.72. The molecule has 1 N–H and O–H groups in total. The molecule has 31 heavy (non-hydrogen) atoms. The fourth-order valence-electron chi connectivity index (χ4n) is 3.91. The zero-order chi connectivity index (χ0) is 21.5. The molecular weight excluding hydrogens is 410 g/mol. The van der Waals surface area contributed by atoms with Gasteiger partial charge >= 0.3 is 0 Å². The lowest BCUT2D eigenvalue weighted by molar-refractivity contribution is 0.0975. The van der Waals surface area contributed by atoms with Crippen LogP contribution in [-0.2, 0) is 0 Å². The highest BCUT2D eigenvalue weighted by Gasteiger charge is 2.35. The molecule has 1 atom stereocenters. The van der Waals surface area contributed by atoms with Crippen LogP contribution >= 0.6 is 11.6 Å². The number of hydrogen-bond donors (Lipinski definition) is 1. The molecule has 0 saturated heterocycles. The third-order valence-corrected chi connectivity index (χ3v) is 5.84. The van der Waals surface area contributed by atoms with Gasteiger partial charge in [0.05, 0.1) is 18.2 Å². The van der Waals surface area contributed by atoms with Crippen LogP contribution < -0.4 is 15.0 Å². The lowest BCUT2D eigenvalue weighted by atomic mass is 10.0. The van der Waals surface area contributed by atoms with E-state index in [9.17, 15) is 4.79 Å². The number of rotatable bonds is 3. The number of anilines is 2. The molecule has 0 bridgehead atoms. The summed E-state index contributed by atoms with van der Waals surface area (Å²) in [6.45, 7) is 2.02. The van der Waals surface area contributed by atoms with E-state index in [0.717, 1.165) is 33.6 Å². The van der Waals surface area contributed by atoms with Crippen molar-refractivity contribution >= 4 is 39.8 Å². The molecule has 0 unspecified atom stereocenters. The Bertz CT molecular complexity index is 1300. The zero-order valence-corrected chi connectivity index (χ0v) is 17.9. The second kappa shape index (κ2) is 7.60. The number of fused-ring (bicyclic) bond motifs is 2. The summed E-state index contributed by atoms with van der Waals surface area (Å²) < 4.78 is 5.36. The SMILES string of the molecule is COc1ccc2nc(Cl)c([C@@H]3Nc4ccccc4C(=O)N3c3ccc(C)cc3)cc2c1. The summed E-state index contributed by atoms with van der Waals surface area (Å²) >= 11 is 6.64. The normalized spacial score (nSPS) is 15.5. The first-order valence-corrected chi connectivity index (χ1v) is 10.3. The van der Waals surface area contributed by atoms with Crippen molar-refractivity contribution in [3.05, 3.63) is 94.6 Å². The Labute approximate surface area is 185 Å². The number of benzene rings is 3. The van der Waals surface area contributed by atoms with Crippen LogP contribution in [0.15, 0.2) is 72.8 Å². The number of aromatic nitrogens is 1. The van der Waals surface area contributed by atoms with E-state index in [0.29, 0.717) is 16.3 Å². The van der Waals surface area contributed by atoms with Crippen molar-refractivity contribution in [1.82, 2.24) is 4.98 Å². The fourth-order valence-corrected chi connectivity index (χ4v) is 4.16. The second-order valence-electron chi connectivity index (χ2n) is 7.53. The van der Waals surface area contributed by atoms with Crippen LogP contribution in [0.2, 0.25) is 5.15 Å². The molecule has 5 rings (SSSR count). The van der Waals surface area contributed by atoms with E-state index < -0.39 is 6.17 Å². The number of hydrogen-bond acceptors (Lipinski definition) is 4. The third-order valence-electron chi connectivity index (χ3n) is 5.54. The van der Waals surface area contributed by atoms with Crippen molar-refractivity contribution in [2.45, 2.75) is 13.1 Å². The number of carbonyl (C=O) groups excluding carboxylic acids is 1. The largest absolute Gasteiger partial charge is 0.497 e. The monoisotopic (exact) mass is 429 g/mol. The maximum atomic E-state index is 13.6. The van der Waals surface area contributed by atoms with E-state index in [2.05, 4.69) is 10.3 Å². The van der Waals surface area contributed by atoms with E-state index in [1.165, 1.54) is 0 Å². The highest BCUT2D eigenvalue weighted by molar-refractivity contribution is 6.31. The number of aryl methyl sites for hydroxylation is 1. The van der Waals surface area contributed by atoms with Crippen LogP contribution in [0.4, 0.5) is 11.4 Å². The highest BCUT2D eigenvalue weighted by atomic mass is 35.5. The van der Waals surface area contributed by atoms with Gasteiger partial charge < -0.3 is 10.1 Å². The zero-order valence-electron chi connectivity index (χ0n) is 17.1. The minimum atomic E-state index is -0.513. The van der Waals surface area contributed by atoms with Gasteiger partial charge in [0.2, 0.25) is 0 Å². The Hall–Kier alpha value is -3.57. The summed E-state index contributed by atoms with van der Waals surface area (Å²) in [5.41, 5.74) is 4.76. The fraction of sp³-hybridized carbons (Fsp3) is 0.120. The molecule has 0 spiro atoms. The van der Waals surface area contributed by atoms with E-state index in [1.807, 2.05) is 79.7 Å². The molecule has 5 nitrogen and oxygen atoms in total. The summed E-state index contributed by atoms with van der Waals surface area (Å²) in [6, 6.07) is 23.0. The van der Waals surface area contributed by atoms with Gasteiger partial charge in [-0.3, -0.25) is 9.69 Å². The first-order valence-electron chi connectivity index (χ1n) is 9.95. The molecule has 0 fully saturated rings. The van der Waals surface area contributed by atoms with Crippen LogP contribution in [0.25, 0.3) is 10.9 Å². The summed E-state index contributed by atoms with van der Waals surface area (Å²) in [7, 11) is 1.63. The van der Waals surface area contributed by atoms with Gasteiger partial charge in [-0.1, -0.05) is 41.4 Å². The lowest BCUT2D eigenvalue weighted by Gasteiger charge is -2.38. The minimum absolute atomic E-state index is 0.0926. The number of carbonyl (C=O) groups is 1. The molecule has 0 aliphatic carbocycles. The predicted octanol–water partition coefficient (Wildman–Crippen LogP) is 5.98. The molecule has 4 aromatic rings. The molecule has 1 aliphatic heterocycles. The standard InChI is InChI=1S/C25H20ClN3O2/c1-15-7-9-17(10-8-15)29-24(28-22-6-4-3-5-19(22)25(29)30)20-14-16-13-18(31-2)11-12-21(16)27-23(20)26/h3-14,24,28H,1-2H3/t24-/m1/s1. The number of pyridine rings is 1. The van der Waals surface area contributed by atoms with Crippen molar-refractivity contribution in [2.24, 2.45) is 0 Å². The predicted molar refractivity (Wildman–Crippen MR) is 124 cm³/mol. The number of ether oxygens (including phenoxy) is 1. The van der Waals surface area contributed by atoms with Crippen molar-refractivity contribution in [3.63, 3.8) is 0 Å². The Kier molecular flexibility index (Phi) is 4.75. The molecule has 2 heterocycles. The highest BCUT2D eigenvalue weighted by Crippen LogP contribution is 2.39. The molecule has 1 aromatic heterocycles. The molecule has 1 amide bonds. The molecule has 1 aliphatic rings. The van der Waals surface area contributed by atoms with Crippen molar-refractivity contribution in [3.8, 4) is 5.75 Å². The maximum absolute atomic E-state index is 13.6. The van der Waals surface area contributed by atoms with Crippen LogP contribution in [-0.4, -0.2) is 18.0 Å². The van der Waals surface area contributed by atoms with Gasteiger partial charge in [-0.25, -0.2) is 4.98 Å². The number of nitrogens with one attached hydrogen (secondary N) is 1. The van der Waals surface area contributed by atoms with Crippen molar-refractivity contribution in [1.29, 1.82) is 0 Å². The van der Waals surface area contributed by atoms with Crippen LogP contribution in [0, 0.1) is 6.92 Å². The van der Waals surface area contributed by atoms with Gasteiger partial charge in [-0.05, 0) is 55.5 Å². The number of methoxy groups -OCH3 is 1. The smallest absolute Gasteiger partial charge is 0.262 e.